The van der Waals surface area contributed by atoms with Gasteiger partial charge in [0.25, 0.3) is 0 Å². The van der Waals surface area contributed by atoms with Crippen LogP contribution in [0.15, 0.2) is 29.2 Å². The number of hydrogen-bond donors (Lipinski definition) is 1. The van der Waals surface area contributed by atoms with Crippen molar-refractivity contribution in [3.63, 3.8) is 0 Å². The number of nitriles is 1. The topological polar surface area (TPSA) is 104 Å². The van der Waals surface area contributed by atoms with E-state index >= 15 is 0 Å². The third-order valence-electron chi connectivity index (χ3n) is 2.49. The van der Waals surface area contributed by atoms with E-state index in [0.29, 0.717) is 5.56 Å². The maximum absolute atomic E-state index is 12.0. The van der Waals surface area contributed by atoms with Crippen LogP contribution < -0.4 is 5.73 Å². The summed E-state index contributed by atoms with van der Waals surface area (Å²) < 4.78 is 24.1. The number of carbonyl (C=O) groups excluding carboxylic acids is 1. The van der Waals surface area contributed by atoms with Crippen molar-refractivity contribution < 1.29 is 13.2 Å². The second-order valence-electron chi connectivity index (χ2n) is 4.16. The number of rotatable bonds is 6. The first-order chi connectivity index (χ1) is 8.85. The lowest BCUT2D eigenvalue weighted by Crippen LogP contribution is -2.34. The molecule has 19 heavy (non-hydrogen) atoms. The highest BCUT2D eigenvalue weighted by Crippen LogP contribution is 2.13. The number of benzene rings is 1. The molecule has 7 heteroatoms. The molecule has 0 spiro atoms. The van der Waals surface area contributed by atoms with E-state index in [9.17, 15) is 13.2 Å². The second kappa shape index (κ2) is 6.31. The van der Waals surface area contributed by atoms with Crippen molar-refractivity contribution in [1.82, 2.24) is 4.90 Å². The highest BCUT2D eigenvalue weighted by molar-refractivity contribution is 7.91. The molecule has 2 N–H and O–H groups in total. The van der Waals surface area contributed by atoms with Gasteiger partial charge in [-0.25, -0.2) is 8.42 Å². The van der Waals surface area contributed by atoms with Crippen molar-refractivity contribution in [1.29, 1.82) is 5.26 Å². The zero-order chi connectivity index (χ0) is 14.5. The highest BCUT2D eigenvalue weighted by Gasteiger charge is 2.16. The molecule has 0 aliphatic carbocycles. The molecule has 0 atom stereocenters. The van der Waals surface area contributed by atoms with Crippen molar-refractivity contribution in [3.8, 4) is 6.07 Å². The Labute approximate surface area is 112 Å². The van der Waals surface area contributed by atoms with Gasteiger partial charge in [0.05, 0.1) is 28.8 Å². The summed E-state index contributed by atoms with van der Waals surface area (Å²) in [4.78, 5) is 12.3. The average molecular weight is 281 g/mol. The molecule has 0 radical (unpaired) electrons. The van der Waals surface area contributed by atoms with Crippen LogP contribution >= 0.6 is 0 Å². The molecular weight excluding hydrogens is 266 g/mol. The number of nitrogens with two attached hydrogens (primary N) is 1. The lowest BCUT2D eigenvalue weighted by atomic mass is 10.2. The fourth-order valence-electron chi connectivity index (χ4n) is 1.50. The van der Waals surface area contributed by atoms with Gasteiger partial charge in [0.15, 0.2) is 9.84 Å². The Balaban J connectivity index is 2.76. The summed E-state index contributed by atoms with van der Waals surface area (Å²) >= 11 is 0. The fraction of sp³-hybridized carbons (Fsp3) is 0.333. The van der Waals surface area contributed by atoms with Crippen molar-refractivity contribution in [3.05, 3.63) is 29.8 Å². The van der Waals surface area contributed by atoms with Crippen molar-refractivity contribution >= 4 is 15.7 Å². The van der Waals surface area contributed by atoms with Crippen LogP contribution in [0.25, 0.3) is 0 Å². The van der Waals surface area contributed by atoms with Crippen LogP contribution in [0.3, 0.4) is 0 Å². The summed E-state index contributed by atoms with van der Waals surface area (Å²) in [6.07, 6.45) is 0. The van der Waals surface area contributed by atoms with E-state index in [1.54, 1.807) is 7.05 Å². The van der Waals surface area contributed by atoms with E-state index < -0.39 is 15.7 Å². The molecule has 1 aromatic rings. The van der Waals surface area contributed by atoms with Crippen molar-refractivity contribution in [2.24, 2.45) is 5.73 Å². The maximum atomic E-state index is 12.0. The lowest BCUT2D eigenvalue weighted by molar-refractivity contribution is -0.118. The number of hydrogen-bond acceptors (Lipinski definition) is 5. The summed E-state index contributed by atoms with van der Waals surface area (Å²) in [5.74, 6) is -0.641. The first-order valence-electron chi connectivity index (χ1n) is 5.55. The molecule has 0 unspecified atom stereocenters. The highest BCUT2D eigenvalue weighted by atomic mass is 32.2. The number of amides is 1. The Kier molecular flexibility index (Phi) is 5.03. The quantitative estimate of drug-likeness (QED) is 0.774. The molecule has 102 valence electrons. The summed E-state index contributed by atoms with van der Waals surface area (Å²) in [7, 11) is -1.85. The van der Waals surface area contributed by atoms with Gasteiger partial charge >= 0.3 is 0 Å². The van der Waals surface area contributed by atoms with Crippen LogP contribution in [0.4, 0.5) is 0 Å². The monoisotopic (exact) mass is 281 g/mol. The predicted molar refractivity (Wildman–Crippen MR) is 69.9 cm³/mol. The minimum Gasteiger partial charge on any atom is -0.369 e. The summed E-state index contributed by atoms with van der Waals surface area (Å²) in [5.41, 5.74) is 5.31. The summed E-state index contributed by atoms with van der Waals surface area (Å²) in [6, 6.07) is 7.75. The standard InChI is InChI=1S/C12H15N3O3S/c1-15(9-12(14)16)5-6-19(17,18)11-4-2-3-10(7-11)8-13/h2-4,7H,5-6,9H2,1H3,(H2,14,16). The van der Waals surface area contributed by atoms with Gasteiger partial charge in [-0.05, 0) is 25.2 Å². The molecular formula is C12H15N3O3S. The van der Waals surface area contributed by atoms with E-state index in [1.807, 2.05) is 6.07 Å². The van der Waals surface area contributed by atoms with E-state index in [-0.39, 0.29) is 23.7 Å². The SMILES string of the molecule is CN(CCS(=O)(=O)c1cccc(C#N)c1)CC(N)=O. The zero-order valence-corrected chi connectivity index (χ0v) is 11.4. The zero-order valence-electron chi connectivity index (χ0n) is 10.5. The molecule has 0 aliphatic heterocycles. The number of nitrogens with zero attached hydrogens (tertiary/aromatic N) is 2. The van der Waals surface area contributed by atoms with Crippen molar-refractivity contribution in [2.45, 2.75) is 4.90 Å². The van der Waals surface area contributed by atoms with Gasteiger partial charge in [0.2, 0.25) is 5.91 Å². The molecule has 1 amide bonds. The smallest absolute Gasteiger partial charge is 0.231 e. The molecule has 0 fully saturated rings. The minimum atomic E-state index is -3.47. The largest absolute Gasteiger partial charge is 0.369 e. The van der Waals surface area contributed by atoms with Gasteiger partial charge in [-0.3, -0.25) is 9.69 Å². The molecule has 0 aliphatic rings. The first kappa shape index (κ1) is 15.1. The maximum Gasteiger partial charge on any atom is 0.231 e. The first-order valence-corrected chi connectivity index (χ1v) is 7.20. The molecule has 0 bridgehead atoms. The van der Waals surface area contributed by atoms with Gasteiger partial charge in [-0.2, -0.15) is 5.26 Å². The minimum absolute atomic E-state index is 0.00769. The molecule has 0 saturated carbocycles. The van der Waals surface area contributed by atoms with Crippen LogP contribution in [0.5, 0.6) is 0 Å². The van der Waals surface area contributed by atoms with Crippen LogP contribution in [0.1, 0.15) is 5.56 Å². The fourth-order valence-corrected chi connectivity index (χ4v) is 2.88. The van der Waals surface area contributed by atoms with Crippen LogP contribution in [-0.2, 0) is 14.6 Å². The lowest BCUT2D eigenvalue weighted by Gasteiger charge is -2.14. The van der Waals surface area contributed by atoms with Gasteiger partial charge in [-0.15, -0.1) is 0 Å². The normalized spacial score (nSPS) is 11.2. The average Bonchev–Trinajstić information content (AvgIpc) is 2.36. The van der Waals surface area contributed by atoms with Crippen molar-refractivity contribution in [2.75, 3.05) is 25.9 Å². The predicted octanol–water partition coefficient (Wildman–Crippen LogP) is -0.251. The molecule has 1 aromatic carbocycles. The number of sulfone groups is 1. The molecule has 6 nitrogen and oxygen atoms in total. The Morgan fingerprint density at radius 1 is 1.47 bits per heavy atom. The Morgan fingerprint density at radius 2 is 2.16 bits per heavy atom. The molecule has 0 saturated heterocycles. The second-order valence-corrected chi connectivity index (χ2v) is 6.27. The van der Waals surface area contributed by atoms with Gasteiger partial charge in [0, 0.05) is 6.54 Å². The third kappa shape index (κ3) is 4.69. The number of carbonyl (C=O) groups is 1. The Bertz CT molecular complexity index is 605. The van der Waals surface area contributed by atoms with E-state index in [1.165, 1.54) is 29.2 Å². The van der Waals surface area contributed by atoms with Crippen LogP contribution in [0, 0.1) is 11.3 Å². The van der Waals surface area contributed by atoms with Gasteiger partial charge in [0.1, 0.15) is 0 Å². The van der Waals surface area contributed by atoms with Gasteiger partial charge in [-0.1, -0.05) is 6.07 Å². The van der Waals surface area contributed by atoms with E-state index in [4.69, 9.17) is 11.0 Å². The Hall–Kier alpha value is -1.91. The molecule has 0 aromatic heterocycles. The van der Waals surface area contributed by atoms with Crippen LogP contribution in [-0.4, -0.2) is 45.1 Å². The summed E-state index contributed by atoms with van der Waals surface area (Å²) in [5, 5.41) is 8.74. The third-order valence-corrected chi connectivity index (χ3v) is 4.18. The Morgan fingerprint density at radius 3 is 2.74 bits per heavy atom. The molecule has 1 rings (SSSR count). The number of primary amides is 1. The summed E-state index contributed by atoms with van der Waals surface area (Å²) in [6.45, 7) is 0.204. The van der Waals surface area contributed by atoms with E-state index in [0.717, 1.165) is 0 Å². The van der Waals surface area contributed by atoms with Crippen LogP contribution in [0.2, 0.25) is 0 Å². The molecule has 0 heterocycles. The van der Waals surface area contributed by atoms with Gasteiger partial charge < -0.3 is 5.73 Å². The van der Waals surface area contributed by atoms with E-state index in [2.05, 4.69) is 0 Å². The number of likely N-dealkylation sites (N-methyl/N-ethyl adjacent to an activating group) is 1.